The van der Waals surface area contributed by atoms with Crippen LogP contribution < -0.4 is 10.1 Å². The van der Waals surface area contributed by atoms with Gasteiger partial charge in [-0.1, -0.05) is 0 Å². The zero-order valence-corrected chi connectivity index (χ0v) is 10.4. The fraction of sp³-hybridized carbons (Fsp3) is 0.455. The van der Waals surface area contributed by atoms with Gasteiger partial charge in [-0.25, -0.2) is 12.8 Å². The highest BCUT2D eigenvalue weighted by atomic mass is 32.2. The van der Waals surface area contributed by atoms with E-state index in [2.05, 4.69) is 5.32 Å². The van der Waals surface area contributed by atoms with Crippen LogP contribution in [0.1, 0.15) is 10.8 Å². The Labute approximate surface area is 99.7 Å². The highest BCUT2D eigenvalue weighted by Gasteiger charge is 2.47. The second-order valence-corrected chi connectivity index (χ2v) is 6.20. The van der Waals surface area contributed by atoms with E-state index in [9.17, 15) is 12.8 Å². The average Bonchev–Trinajstić information content (AvgIpc) is 2.26. The molecule has 6 heteroatoms. The first kappa shape index (κ1) is 12.3. The molecule has 0 spiro atoms. The van der Waals surface area contributed by atoms with Gasteiger partial charge in [-0.2, -0.15) is 0 Å². The second-order valence-electron chi connectivity index (χ2n) is 4.03. The summed E-state index contributed by atoms with van der Waals surface area (Å²) in [5.74, 6) is 0.0195. The van der Waals surface area contributed by atoms with E-state index >= 15 is 0 Å². The van der Waals surface area contributed by atoms with Crippen molar-refractivity contribution in [2.24, 2.45) is 0 Å². The van der Waals surface area contributed by atoms with Gasteiger partial charge in [-0.05, 0) is 25.2 Å². The van der Waals surface area contributed by atoms with Crippen LogP contribution in [-0.4, -0.2) is 34.4 Å². The minimum Gasteiger partial charge on any atom is -0.496 e. The minimum atomic E-state index is -3.20. The van der Waals surface area contributed by atoms with Crippen molar-refractivity contribution < 1.29 is 17.5 Å². The number of likely N-dealkylation sites (N-methyl/N-ethyl adjacent to an activating group) is 1. The lowest BCUT2D eigenvalue weighted by atomic mass is 10.0. The van der Waals surface area contributed by atoms with E-state index in [4.69, 9.17) is 4.74 Å². The van der Waals surface area contributed by atoms with E-state index in [1.165, 1.54) is 25.3 Å². The Morgan fingerprint density at radius 3 is 2.71 bits per heavy atom. The fourth-order valence-corrected chi connectivity index (χ4v) is 4.15. The number of nitrogens with one attached hydrogen (secondary N) is 1. The molecule has 2 atom stereocenters. The number of hydrogen-bond acceptors (Lipinski definition) is 4. The van der Waals surface area contributed by atoms with E-state index < -0.39 is 20.9 Å². The maximum atomic E-state index is 13.2. The van der Waals surface area contributed by atoms with Gasteiger partial charge in [0.2, 0.25) is 0 Å². The molecule has 1 saturated heterocycles. The predicted octanol–water partition coefficient (Wildman–Crippen LogP) is 0.892. The summed E-state index contributed by atoms with van der Waals surface area (Å²) in [6.45, 7) is 0. The van der Waals surface area contributed by atoms with E-state index in [0.29, 0.717) is 11.3 Å². The normalized spacial score (nSPS) is 26.3. The molecular formula is C11H14FNO3S. The van der Waals surface area contributed by atoms with Crippen LogP contribution in [0.15, 0.2) is 18.2 Å². The van der Waals surface area contributed by atoms with E-state index in [1.807, 2.05) is 0 Å². The van der Waals surface area contributed by atoms with Gasteiger partial charge in [0, 0.05) is 11.6 Å². The Hall–Kier alpha value is -1.14. The van der Waals surface area contributed by atoms with Gasteiger partial charge >= 0.3 is 0 Å². The molecule has 1 fully saturated rings. The molecule has 0 aliphatic carbocycles. The number of rotatable bonds is 3. The lowest BCUT2D eigenvalue weighted by Crippen LogP contribution is -2.52. The van der Waals surface area contributed by atoms with Gasteiger partial charge in [-0.3, -0.25) is 0 Å². The zero-order valence-electron chi connectivity index (χ0n) is 9.60. The van der Waals surface area contributed by atoms with Crippen LogP contribution >= 0.6 is 0 Å². The van der Waals surface area contributed by atoms with Crippen molar-refractivity contribution in [2.45, 2.75) is 11.3 Å². The molecule has 1 heterocycles. The van der Waals surface area contributed by atoms with Gasteiger partial charge in [0.25, 0.3) is 0 Å². The fourth-order valence-electron chi connectivity index (χ4n) is 2.14. The Morgan fingerprint density at radius 2 is 2.18 bits per heavy atom. The maximum absolute atomic E-state index is 13.2. The first-order valence-electron chi connectivity index (χ1n) is 5.22. The van der Waals surface area contributed by atoms with Gasteiger partial charge in [0.15, 0.2) is 9.84 Å². The molecule has 0 aromatic heterocycles. The van der Waals surface area contributed by atoms with Crippen LogP contribution in [0.25, 0.3) is 0 Å². The molecule has 1 aromatic carbocycles. The van der Waals surface area contributed by atoms with Gasteiger partial charge in [0.05, 0.1) is 12.9 Å². The van der Waals surface area contributed by atoms with Crippen molar-refractivity contribution in [3.63, 3.8) is 0 Å². The standard InChI is InChI=1S/C11H14FNO3S/c1-13-9-6-17(14,15)11(9)8-5-7(12)3-4-10(8)16-2/h3-5,9,11,13H,6H2,1-2H3. The molecule has 0 saturated carbocycles. The monoisotopic (exact) mass is 259 g/mol. The second kappa shape index (κ2) is 4.27. The Balaban J connectivity index is 2.48. The van der Waals surface area contributed by atoms with Crippen molar-refractivity contribution >= 4 is 9.84 Å². The van der Waals surface area contributed by atoms with Crippen LogP contribution in [0.4, 0.5) is 4.39 Å². The molecule has 1 aliphatic rings. The number of ether oxygens (including phenoxy) is 1. The molecule has 4 nitrogen and oxygen atoms in total. The first-order valence-corrected chi connectivity index (χ1v) is 6.93. The third-order valence-corrected chi connectivity index (χ3v) is 5.21. The molecule has 1 N–H and O–H groups in total. The summed E-state index contributed by atoms with van der Waals surface area (Å²) in [7, 11) is -0.0617. The largest absolute Gasteiger partial charge is 0.496 e. The third-order valence-electron chi connectivity index (χ3n) is 3.03. The quantitative estimate of drug-likeness (QED) is 0.876. The van der Waals surface area contributed by atoms with E-state index in [0.717, 1.165) is 0 Å². The third kappa shape index (κ3) is 2.02. The zero-order chi connectivity index (χ0) is 12.6. The Kier molecular flexibility index (Phi) is 3.09. The summed E-state index contributed by atoms with van der Waals surface area (Å²) < 4.78 is 41.8. The number of benzene rings is 1. The van der Waals surface area contributed by atoms with Crippen molar-refractivity contribution in [3.05, 3.63) is 29.6 Å². The van der Waals surface area contributed by atoms with Crippen molar-refractivity contribution in [1.82, 2.24) is 5.32 Å². The molecule has 1 aromatic rings. The maximum Gasteiger partial charge on any atom is 0.160 e. The topological polar surface area (TPSA) is 55.4 Å². The highest BCUT2D eigenvalue weighted by Crippen LogP contribution is 2.41. The summed E-state index contributed by atoms with van der Waals surface area (Å²) in [5.41, 5.74) is 0.387. The van der Waals surface area contributed by atoms with Crippen LogP contribution in [0.2, 0.25) is 0 Å². The van der Waals surface area contributed by atoms with Gasteiger partial charge in [0.1, 0.15) is 16.8 Å². The van der Waals surface area contributed by atoms with Crippen LogP contribution in [-0.2, 0) is 9.84 Å². The Bertz CT molecular complexity index is 530. The number of sulfone groups is 1. The molecule has 0 bridgehead atoms. The summed E-state index contributed by atoms with van der Waals surface area (Å²) in [6.07, 6.45) is 0. The number of methoxy groups -OCH3 is 1. The molecular weight excluding hydrogens is 245 g/mol. The molecule has 94 valence electrons. The summed E-state index contributed by atoms with van der Waals surface area (Å²) >= 11 is 0. The highest BCUT2D eigenvalue weighted by molar-refractivity contribution is 7.93. The van der Waals surface area contributed by atoms with Crippen LogP contribution in [0.3, 0.4) is 0 Å². The molecule has 17 heavy (non-hydrogen) atoms. The summed E-state index contributed by atoms with van der Waals surface area (Å²) in [4.78, 5) is 0. The molecule has 1 aliphatic heterocycles. The van der Waals surface area contributed by atoms with Crippen molar-refractivity contribution in [1.29, 1.82) is 0 Å². The van der Waals surface area contributed by atoms with Crippen LogP contribution in [0, 0.1) is 5.82 Å². The first-order chi connectivity index (χ1) is 7.99. The summed E-state index contributed by atoms with van der Waals surface area (Å²) in [5, 5.41) is 2.20. The minimum absolute atomic E-state index is 0.0772. The summed E-state index contributed by atoms with van der Waals surface area (Å²) in [6, 6.07) is 3.74. The molecule has 2 unspecified atom stereocenters. The lowest BCUT2D eigenvalue weighted by molar-refractivity contribution is 0.398. The lowest BCUT2D eigenvalue weighted by Gasteiger charge is -2.36. The number of halogens is 1. The molecule has 0 amide bonds. The van der Waals surface area contributed by atoms with Gasteiger partial charge in [-0.15, -0.1) is 0 Å². The SMILES string of the molecule is CNC1CS(=O)(=O)C1c1cc(F)ccc1OC. The van der Waals surface area contributed by atoms with Crippen molar-refractivity contribution in [3.8, 4) is 5.75 Å². The van der Waals surface area contributed by atoms with E-state index in [-0.39, 0.29) is 11.8 Å². The van der Waals surface area contributed by atoms with E-state index in [1.54, 1.807) is 7.05 Å². The smallest absolute Gasteiger partial charge is 0.160 e. The number of hydrogen-bond donors (Lipinski definition) is 1. The van der Waals surface area contributed by atoms with Gasteiger partial charge < -0.3 is 10.1 Å². The Morgan fingerprint density at radius 1 is 1.47 bits per heavy atom. The average molecular weight is 259 g/mol. The van der Waals surface area contributed by atoms with Crippen molar-refractivity contribution in [2.75, 3.05) is 19.9 Å². The molecule has 2 rings (SSSR count). The predicted molar refractivity (Wildman–Crippen MR) is 62.3 cm³/mol. The van der Waals surface area contributed by atoms with Crippen LogP contribution in [0.5, 0.6) is 5.75 Å². The molecule has 0 radical (unpaired) electrons.